The van der Waals surface area contributed by atoms with Gasteiger partial charge in [0.1, 0.15) is 0 Å². The van der Waals surface area contributed by atoms with Crippen molar-refractivity contribution in [3.8, 4) is 0 Å². The van der Waals surface area contributed by atoms with Crippen molar-refractivity contribution in [2.24, 2.45) is 0 Å². The van der Waals surface area contributed by atoms with E-state index in [0.29, 0.717) is 13.0 Å². The van der Waals surface area contributed by atoms with Crippen molar-refractivity contribution in [3.05, 3.63) is 42.7 Å². The van der Waals surface area contributed by atoms with Gasteiger partial charge in [0.2, 0.25) is 5.91 Å². The van der Waals surface area contributed by atoms with E-state index in [4.69, 9.17) is 4.74 Å². The van der Waals surface area contributed by atoms with Crippen LogP contribution >= 0.6 is 0 Å². The number of anilines is 1. The van der Waals surface area contributed by atoms with Crippen LogP contribution in [0, 0.1) is 0 Å². The molecule has 1 aliphatic heterocycles. The number of carbonyl (C=O) groups excluding carboxylic acids is 1. The Morgan fingerprint density at radius 2 is 2.32 bits per heavy atom. The highest BCUT2D eigenvalue weighted by Crippen LogP contribution is 2.33. The normalized spacial score (nSPS) is 18.1. The highest BCUT2D eigenvalue weighted by Gasteiger charge is 2.28. The summed E-state index contributed by atoms with van der Waals surface area (Å²) in [6.45, 7) is 4.98. The predicted octanol–water partition coefficient (Wildman–Crippen LogP) is 2.23. The van der Waals surface area contributed by atoms with Crippen LogP contribution in [0.15, 0.2) is 37.1 Å². The molecule has 1 N–H and O–H groups in total. The second kappa shape index (κ2) is 6.38. The molecule has 0 saturated carbocycles. The van der Waals surface area contributed by atoms with Gasteiger partial charge in [-0.3, -0.25) is 4.79 Å². The fraction of sp³-hybridized carbons (Fsp3) is 0.400. The zero-order chi connectivity index (χ0) is 13.7. The Balaban J connectivity index is 1.99. The zero-order valence-corrected chi connectivity index (χ0v) is 11.3. The number of carbonyl (C=O) groups is 1. The van der Waals surface area contributed by atoms with E-state index >= 15 is 0 Å². The minimum absolute atomic E-state index is 0.101. The first kappa shape index (κ1) is 13.6. The van der Waals surface area contributed by atoms with Gasteiger partial charge in [-0.25, -0.2) is 0 Å². The van der Waals surface area contributed by atoms with E-state index in [-0.39, 0.29) is 11.9 Å². The maximum atomic E-state index is 12.0. The molecule has 102 valence electrons. The smallest absolute Gasteiger partial charge is 0.228 e. The number of hydrogen-bond acceptors (Lipinski definition) is 3. The van der Waals surface area contributed by atoms with Crippen molar-refractivity contribution in [1.29, 1.82) is 0 Å². The van der Waals surface area contributed by atoms with Crippen molar-refractivity contribution >= 4 is 11.6 Å². The average molecular weight is 260 g/mol. The molecule has 0 bridgehead atoms. The topological polar surface area (TPSA) is 41.6 Å². The molecule has 0 fully saturated rings. The number of ether oxygens (including phenoxy) is 1. The van der Waals surface area contributed by atoms with Gasteiger partial charge in [-0.05, 0) is 24.6 Å². The highest BCUT2D eigenvalue weighted by molar-refractivity contribution is 5.96. The number of hydrogen-bond donors (Lipinski definition) is 1. The van der Waals surface area contributed by atoms with Crippen LogP contribution in [0.4, 0.5) is 5.69 Å². The highest BCUT2D eigenvalue weighted by atomic mass is 16.5. The summed E-state index contributed by atoms with van der Waals surface area (Å²) in [5, 5.41) is 3.43. The van der Waals surface area contributed by atoms with E-state index in [0.717, 1.165) is 18.7 Å². The van der Waals surface area contributed by atoms with Gasteiger partial charge >= 0.3 is 0 Å². The van der Waals surface area contributed by atoms with E-state index in [1.165, 1.54) is 11.8 Å². The van der Waals surface area contributed by atoms with E-state index < -0.39 is 0 Å². The van der Waals surface area contributed by atoms with E-state index in [1.54, 1.807) is 4.90 Å². The van der Waals surface area contributed by atoms with Gasteiger partial charge in [0, 0.05) is 25.2 Å². The van der Waals surface area contributed by atoms with E-state index in [1.807, 2.05) is 25.2 Å². The van der Waals surface area contributed by atoms with Crippen LogP contribution in [0.5, 0.6) is 0 Å². The molecule has 1 amide bonds. The van der Waals surface area contributed by atoms with Crippen LogP contribution in [0.3, 0.4) is 0 Å². The largest absolute Gasteiger partial charge is 0.502 e. The van der Waals surface area contributed by atoms with Gasteiger partial charge in [0.25, 0.3) is 0 Å². The molecule has 4 nitrogen and oxygen atoms in total. The zero-order valence-electron chi connectivity index (χ0n) is 11.3. The van der Waals surface area contributed by atoms with Crippen molar-refractivity contribution in [3.63, 3.8) is 0 Å². The first-order chi connectivity index (χ1) is 9.24. The monoisotopic (exact) mass is 260 g/mol. The number of nitrogens with one attached hydrogen (secondary N) is 1. The third-order valence-corrected chi connectivity index (χ3v) is 3.37. The SMILES string of the molecule is C=COCCCNC1CC(=O)N(C)c2ccccc21. The first-order valence-corrected chi connectivity index (χ1v) is 6.55. The van der Waals surface area contributed by atoms with Gasteiger partial charge in [-0.1, -0.05) is 24.8 Å². The Labute approximate surface area is 114 Å². The van der Waals surface area contributed by atoms with Crippen LogP contribution in [0.25, 0.3) is 0 Å². The quantitative estimate of drug-likeness (QED) is 0.630. The molecule has 1 unspecified atom stereocenters. The summed E-state index contributed by atoms with van der Waals surface area (Å²) in [7, 11) is 1.83. The molecule has 1 aliphatic rings. The number of rotatable bonds is 6. The third kappa shape index (κ3) is 3.15. The van der Waals surface area contributed by atoms with Gasteiger partial charge in [0.05, 0.1) is 12.9 Å². The molecule has 2 rings (SSSR count). The van der Waals surface area contributed by atoms with Crippen LogP contribution < -0.4 is 10.2 Å². The minimum atomic E-state index is 0.101. The Hall–Kier alpha value is -1.81. The van der Waals surface area contributed by atoms with Gasteiger partial charge < -0.3 is 15.0 Å². The lowest BCUT2D eigenvalue weighted by molar-refractivity contribution is -0.119. The molecular formula is C15H20N2O2. The average Bonchev–Trinajstić information content (AvgIpc) is 2.44. The van der Waals surface area contributed by atoms with E-state index in [9.17, 15) is 4.79 Å². The standard InChI is InChI=1S/C15H20N2O2/c1-3-19-10-6-9-16-13-11-15(18)17(2)14-8-5-4-7-12(13)14/h3-5,7-8,13,16H,1,6,9-11H2,2H3. The molecule has 0 radical (unpaired) electrons. The second-order valence-electron chi connectivity index (χ2n) is 4.61. The summed E-state index contributed by atoms with van der Waals surface area (Å²) in [5.74, 6) is 0.151. The Morgan fingerprint density at radius 1 is 1.53 bits per heavy atom. The van der Waals surface area contributed by atoms with Crippen molar-refractivity contribution in [2.75, 3.05) is 25.1 Å². The molecule has 0 saturated heterocycles. The molecule has 0 aliphatic carbocycles. The van der Waals surface area contributed by atoms with Crippen LogP contribution in [-0.4, -0.2) is 26.1 Å². The third-order valence-electron chi connectivity index (χ3n) is 3.37. The maximum absolute atomic E-state index is 12.0. The molecule has 1 aromatic carbocycles. The van der Waals surface area contributed by atoms with Gasteiger partial charge in [-0.2, -0.15) is 0 Å². The van der Waals surface area contributed by atoms with Crippen molar-refractivity contribution in [1.82, 2.24) is 5.32 Å². The molecule has 4 heteroatoms. The van der Waals surface area contributed by atoms with Gasteiger partial charge in [0.15, 0.2) is 0 Å². The molecule has 1 heterocycles. The lowest BCUT2D eigenvalue weighted by Crippen LogP contribution is -2.38. The Kier molecular flexibility index (Phi) is 4.58. The summed E-state index contributed by atoms with van der Waals surface area (Å²) >= 11 is 0. The summed E-state index contributed by atoms with van der Waals surface area (Å²) < 4.78 is 5.08. The molecular weight excluding hydrogens is 240 g/mol. The predicted molar refractivity (Wildman–Crippen MR) is 76.0 cm³/mol. The molecule has 1 atom stereocenters. The molecule has 1 aromatic rings. The minimum Gasteiger partial charge on any atom is -0.502 e. The molecule has 19 heavy (non-hydrogen) atoms. The number of nitrogens with zero attached hydrogens (tertiary/aromatic N) is 1. The second-order valence-corrected chi connectivity index (χ2v) is 4.61. The van der Waals surface area contributed by atoms with Crippen LogP contribution in [0.2, 0.25) is 0 Å². The lowest BCUT2D eigenvalue weighted by atomic mass is 9.96. The Morgan fingerprint density at radius 3 is 3.11 bits per heavy atom. The summed E-state index contributed by atoms with van der Waals surface area (Å²) in [5.41, 5.74) is 2.19. The summed E-state index contributed by atoms with van der Waals surface area (Å²) in [4.78, 5) is 13.7. The lowest BCUT2D eigenvalue weighted by Gasteiger charge is -2.32. The maximum Gasteiger partial charge on any atom is 0.228 e. The summed E-state index contributed by atoms with van der Waals surface area (Å²) in [6.07, 6.45) is 2.86. The number of fused-ring (bicyclic) bond motifs is 1. The fourth-order valence-corrected chi connectivity index (χ4v) is 2.34. The Bertz CT molecular complexity index is 459. The van der Waals surface area contributed by atoms with Crippen LogP contribution in [-0.2, 0) is 9.53 Å². The molecule has 0 aromatic heterocycles. The van der Waals surface area contributed by atoms with Crippen molar-refractivity contribution < 1.29 is 9.53 Å². The first-order valence-electron chi connectivity index (χ1n) is 6.55. The number of amides is 1. The van der Waals surface area contributed by atoms with E-state index in [2.05, 4.69) is 18.0 Å². The number of para-hydroxylation sites is 1. The molecule has 0 spiro atoms. The number of benzene rings is 1. The van der Waals surface area contributed by atoms with Crippen LogP contribution in [0.1, 0.15) is 24.4 Å². The van der Waals surface area contributed by atoms with Gasteiger partial charge in [-0.15, -0.1) is 0 Å². The van der Waals surface area contributed by atoms with Crippen molar-refractivity contribution in [2.45, 2.75) is 18.9 Å². The fourth-order valence-electron chi connectivity index (χ4n) is 2.34. The summed E-state index contributed by atoms with van der Waals surface area (Å²) in [6, 6.07) is 8.14.